The van der Waals surface area contributed by atoms with Crippen LogP contribution in [0.25, 0.3) is 0 Å². The summed E-state index contributed by atoms with van der Waals surface area (Å²) >= 11 is 0. The summed E-state index contributed by atoms with van der Waals surface area (Å²) in [6.45, 7) is 7.83. The van der Waals surface area contributed by atoms with Gasteiger partial charge in [0.05, 0.1) is 18.1 Å². The van der Waals surface area contributed by atoms with Crippen molar-refractivity contribution >= 4 is 41.2 Å². The number of aromatic nitrogens is 1. The number of phenolic OH excluding ortho intramolecular Hbond substituents is 1. The first-order chi connectivity index (χ1) is 30.4. The number of nitrogens with zero attached hydrogens (tertiary/aromatic N) is 2. The minimum absolute atomic E-state index is 0.0604. The lowest BCUT2D eigenvalue weighted by Crippen LogP contribution is -2.62. The number of anilines is 1. The van der Waals surface area contributed by atoms with Crippen LogP contribution in [0.3, 0.4) is 0 Å². The van der Waals surface area contributed by atoms with E-state index in [1.807, 2.05) is 0 Å². The molecule has 0 spiro atoms. The molecule has 18 heteroatoms. The van der Waals surface area contributed by atoms with E-state index >= 15 is 0 Å². The molecule has 1 fully saturated rings. The molecule has 2 aliphatic heterocycles. The Hall–Kier alpha value is -6.11. The summed E-state index contributed by atoms with van der Waals surface area (Å²) in [4.78, 5) is 84.8. The lowest BCUT2D eigenvalue weighted by molar-refractivity contribution is -0.156. The quantitative estimate of drug-likeness (QED) is 0.103. The van der Waals surface area contributed by atoms with Gasteiger partial charge in [0.25, 0.3) is 5.91 Å². The number of rotatable bonds is 10. The fourth-order valence-corrected chi connectivity index (χ4v) is 7.11. The molecule has 1 aromatic carbocycles. The maximum Gasteiger partial charge on any atom is 0.325 e. The van der Waals surface area contributed by atoms with E-state index in [1.54, 1.807) is 57.2 Å². The van der Waals surface area contributed by atoms with Crippen LogP contribution in [-0.2, 0) is 39.9 Å². The van der Waals surface area contributed by atoms with Crippen LogP contribution in [0.5, 0.6) is 5.75 Å². The number of benzene rings is 1. The third-order valence-electron chi connectivity index (χ3n) is 10.9. The van der Waals surface area contributed by atoms with E-state index < -0.39 is 108 Å². The maximum absolute atomic E-state index is 14.5. The predicted molar refractivity (Wildman–Crippen MR) is 231 cm³/mol. The van der Waals surface area contributed by atoms with Gasteiger partial charge in [0.15, 0.2) is 17.4 Å². The van der Waals surface area contributed by atoms with Crippen LogP contribution in [0, 0.1) is 29.4 Å². The van der Waals surface area contributed by atoms with Gasteiger partial charge in [0.1, 0.15) is 35.8 Å². The van der Waals surface area contributed by atoms with E-state index in [0.717, 1.165) is 17.1 Å². The van der Waals surface area contributed by atoms with Gasteiger partial charge >= 0.3 is 5.97 Å². The summed E-state index contributed by atoms with van der Waals surface area (Å²) in [5.74, 6) is -10.3. The minimum Gasteiger partial charge on any atom is -0.505 e. The number of carbonyl (C=O) groups excluding carboxylic acids is 6. The van der Waals surface area contributed by atoms with E-state index in [2.05, 4.69) is 26.4 Å². The van der Waals surface area contributed by atoms with Crippen molar-refractivity contribution < 1.29 is 57.6 Å². The Balaban J connectivity index is 1.72. The lowest BCUT2D eigenvalue weighted by atomic mass is 9.84. The molecule has 346 valence electrons. The zero-order valence-corrected chi connectivity index (χ0v) is 36.5. The van der Waals surface area contributed by atoms with Gasteiger partial charge in [0, 0.05) is 44.0 Å². The Labute approximate surface area is 370 Å². The number of hydrogen-bond donors (Lipinski definition) is 7. The lowest BCUT2D eigenvalue weighted by Gasteiger charge is -2.36. The van der Waals surface area contributed by atoms with Gasteiger partial charge in [-0.3, -0.25) is 29.0 Å². The highest BCUT2D eigenvalue weighted by atomic mass is 19.2. The Morgan fingerprint density at radius 1 is 1.06 bits per heavy atom. The number of Topliss-reactive ketones (excluding diaryl/α,β-unsaturated/α-hetero) is 1. The van der Waals surface area contributed by atoms with Crippen molar-refractivity contribution in [2.75, 3.05) is 11.9 Å². The number of aliphatic hydroxyl groups is 2. The fraction of sp³-hybridized carbons (Fsp3) is 0.457. The molecule has 4 amide bonds. The normalized spacial score (nSPS) is 25.8. The summed E-state index contributed by atoms with van der Waals surface area (Å²) in [6.07, 6.45) is 8.38. The molecule has 2 bridgehead atoms. The van der Waals surface area contributed by atoms with E-state index in [1.165, 1.54) is 44.3 Å². The number of halogens is 2. The topological polar surface area (TPSA) is 237 Å². The predicted octanol–water partition coefficient (Wildman–Crippen LogP) is 3.64. The summed E-state index contributed by atoms with van der Waals surface area (Å²) in [6, 6.07) is 2.80. The van der Waals surface area contributed by atoms with Crippen LogP contribution in [0.1, 0.15) is 72.3 Å². The molecule has 64 heavy (non-hydrogen) atoms. The molecule has 7 N–H and O–H groups in total. The molecule has 8 atom stereocenters. The average molecular weight is 893 g/mol. The number of carbonyl (C=O) groups is 6. The highest BCUT2D eigenvalue weighted by Crippen LogP contribution is 2.25. The molecular formula is C46H58F2N6O10. The van der Waals surface area contributed by atoms with Crippen molar-refractivity contribution in [2.45, 2.75) is 110 Å². The molecular weight excluding hydrogens is 835 g/mol. The van der Waals surface area contributed by atoms with Gasteiger partial charge in [-0.15, -0.1) is 0 Å². The second kappa shape index (κ2) is 24.1. The number of hydrazine groups is 1. The number of allylic oxidation sites excluding steroid dienone is 4. The number of amides is 4. The highest BCUT2D eigenvalue weighted by molar-refractivity contribution is 5.98. The number of hydrogen-bond acceptors (Lipinski definition) is 12. The number of cyclic esters (lactones) is 1. The first-order valence-electron chi connectivity index (χ1n) is 21.2. The monoisotopic (exact) mass is 892 g/mol. The number of aromatic hydroxyl groups is 1. The molecule has 1 unspecified atom stereocenters. The largest absolute Gasteiger partial charge is 0.505 e. The molecule has 0 radical (unpaired) electrons. The summed E-state index contributed by atoms with van der Waals surface area (Å²) in [5, 5.41) is 41.6. The zero-order chi connectivity index (χ0) is 47.1. The van der Waals surface area contributed by atoms with E-state index in [-0.39, 0.29) is 43.6 Å². The second-order valence-electron chi connectivity index (χ2n) is 16.4. The number of ether oxygens (including phenoxy) is 1. The van der Waals surface area contributed by atoms with Crippen molar-refractivity contribution in [1.29, 1.82) is 0 Å². The van der Waals surface area contributed by atoms with Crippen LogP contribution >= 0.6 is 0 Å². The van der Waals surface area contributed by atoms with Gasteiger partial charge in [-0.25, -0.2) is 14.8 Å². The third kappa shape index (κ3) is 14.7. The Morgan fingerprint density at radius 3 is 2.48 bits per heavy atom. The zero-order valence-electron chi connectivity index (χ0n) is 36.5. The fourth-order valence-electron chi connectivity index (χ4n) is 7.11. The first-order valence-corrected chi connectivity index (χ1v) is 21.2. The maximum atomic E-state index is 14.5. The average Bonchev–Trinajstić information content (AvgIpc) is 3.25. The number of nitrogens with one attached hydrogen (secondary N) is 4. The highest BCUT2D eigenvalue weighted by Gasteiger charge is 2.39. The van der Waals surface area contributed by atoms with Crippen molar-refractivity contribution in [1.82, 2.24) is 26.1 Å². The second-order valence-corrected chi connectivity index (χ2v) is 16.4. The van der Waals surface area contributed by atoms with Gasteiger partial charge in [-0.2, -0.15) is 4.39 Å². The summed E-state index contributed by atoms with van der Waals surface area (Å²) in [5.41, 5.74) is 3.35. The Morgan fingerprint density at radius 2 is 1.81 bits per heavy atom. The van der Waals surface area contributed by atoms with Gasteiger partial charge < -0.3 is 40.8 Å². The van der Waals surface area contributed by atoms with Crippen LogP contribution in [0.15, 0.2) is 84.6 Å². The van der Waals surface area contributed by atoms with Crippen LogP contribution in [0.4, 0.5) is 14.6 Å². The minimum atomic E-state index is -1.53. The number of ketones is 1. The van der Waals surface area contributed by atoms with E-state index in [4.69, 9.17) is 4.74 Å². The molecule has 1 aromatic heterocycles. The molecule has 1 saturated heterocycles. The Bertz CT molecular complexity index is 2090. The molecule has 3 heterocycles. The van der Waals surface area contributed by atoms with Gasteiger partial charge in [-0.1, -0.05) is 63.3 Å². The molecule has 0 saturated carbocycles. The van der Waals surface area contributed by atoms with E-state index in [9.17, 15) is 52.9 Å². The smallest absolute Gasteiger partial charge is 0.325 e. The van der Waals surface area contributed by atoms with Crippen molar-refractivity contribution in [2.24, 2.45) is 17.8 Å². The molecule has 2 aliphatic rings. The summed E-state index contributed by atoms with van der Waals surface area (Å²) < 4.78 is 34.6. The number of phenols is 1. The van der Waals surface area contributed by atoms with Gasteiger partial charge in [-0.05, 0) is 74.4 Å². The van der Waals surface area contributed by atoms with Crippen LogP contribution in [0.2, 0.25) is 0 Å². The number of fused-ring (bicyclic) bond motifs is 2. The first kappa shape index (κ1) is 50.5. The van der Waals surface area contributed by atoms with Crippen molar-refractivity contribution in [3.8, 4) is 5.75 Å². The van der Waals surface area contributed by atoms with E-state index in [0.29, 0.717) is 17.8 Å². The summed E-state index contributed by atoms with van der Waals surface area (Å²) in [7, 11) is 0. The molecule has 4 rings (SSSR count). The number of aliphatic hydroxyl groups excluding tert-OH is 2. The number of esters is 1. The van der Waals surface area contributed by atoms with Gasteiger partial charge in [0.2, 0.25) is 17.7 Å². The third-order valence-corrected chi connectivity index (χ3v) is 10.9. The van der Waals surface area contributed by atoms with Crippen molar-refractivity contribution in [3.05, 3.63) is 102 Å². The number of pyridine rings is 1. The molecule has 16 nitrogen and oxygen atoms in total. The Kier molecular flexibility index (Phi) is 19.0. The van der Waals surface area contributed by atoms with Crippen LogP contribution < -0.4 is 21.4 Å². The standard InChI is InChI=1S/C46H58F2N6O10/c1-26(2)41-44(61)50-34(24-30-23-32(47)40(48)36(57)25-30)45(62)54-22-12-14-33(53-54)46(63)64-37(27(3)13-11-18-39(58)51-38-17-9-10-21-49-38)16-8-6-7-15-35(56)29(5)42(59)31(43(60)52-41)20-19-28(4)55/h6-11,13,15,17-18,21,23,25-26,29,31,33-35,37,41-42,53,56-57,59H,12,14,16,19-20,22,24H2,1-5H3,(H,50,61)(H,52,60)(H,49,51,58)/t29-,31+,33?,34-,35-,37-,41-,42+/m0/s1. The van der Waals surface area contributed by atoms with Crippen LogP contribution in [-0.4, -0.2) is 104 Å². The molecule has 2 aromatic rings. The SMILES string of the molecule is CC(=O)CC[C@H]1C(=O)N[C@@H](C(C)C)C(=O)N[C@@H](Cc2cc(O)c(F)c(F)c2)C(=O)N2CCCC(N2)C(=O)O[C@H](C(C)=CC=CC(=O)Nc2ccccn2)CC=CC=C[C@H](O)[C@H](C)[C@H]1O. The molecule has 0 aliphatic carbocycles. The van der Waals surface area contributed by atoms with Crippen molar-refractivity contribution in [3.63, 3.8) is 0 Å².